The molecule has 69 valence electrons. The first-order chi connectivity index (χ1) is 6.77. The van der Waals surface area contributed by atoms with E-state index in [1.807, 2.05) is 0 Å². The Hall–Kier alpha value is -1.77. The van der Waals surface area contributed by atoms with Gasteiger partial charge in [-0.05, 0) is 36.4 Å². The molecule has 2 aromatic rings. The van der Waals surface area contributed by atoms with E-state index in [4.69, 9.17) is 0 Å². The van der Waals surface area contributed by atoms with Gasteiger partial charge in [-0.15, -0.1) is 0 Å². The lowest BCUT2D eigenvalue weighted by Crippen LogP contribution is -1.88. The van der Waals surface area contributed by atoms with Gasteiger partial charge in [0.05, 0.1) is 5.69 Å². The number of hydrogen-bond acceptors (Lipinski definition) is 1. The molecule has 14 heavy (non-hydrogen) atoms. The van der Waals surface area contributed by atoms with Crippen molar-refractivity contribution >= 4 is 0 Å². The molecular weight excluding hydrogens is 184 g/mol. The number of nitrogens with zero attached hydrogens (tertiary/aromatic N) is 1. The van der Waals surface area contributed by atoms with Gasteiger partial charge in [-0.2, -0.15) is 0 Å². The molecule has 0 amide bonds. The van der Waals surface area contributed by atoms with Gasteiger partial charge in [0.1, 0.15) is 11.6 Å². The molecule has 1 aromatic heterocycles. The predicted octanol–water partition coefficient (Wildman–Crippen LogP) is 2.83. The van der Waals surface area contributed by atoms with Crippen molar-refractivity contribution in [1.29, 1.82) is 0 Å². The van der Waals surface area contributed by atoms with Crippen molar-refractivity contribution in [2.75, 3.05) is 0 Å². The monoisotopic (exact) mass is 190 g/mol. The second kappa shape index (κ2) is 3.54. The Kier molecular flexibility index (Phi) is 2.23. The van der Waals surface area contributed by atoms with E-state index in [1.165, 1.54) is 12.3 Å². The van der Waals surface area contributed by atoms with E-state index in [2.05, 4.69) is 11.1 Å². The molecule has 1 heterocycles. The average molecular weight is 190 g/mol. The lowest BCUT2D eigenvalue weighted by atomic mass is 10.1. The van der Waals surface area contributed by atoms with Gasteiger partial charge in [0.15, 0.2) is 0 Å². The molecule has 1 nitrogen and oxygen atoms in total. The fraction of sp³-hybridized carbons (Fsp3) is 0. The SMILES string of the molecule is Fc1ccc(F)c(-c2c[c]ccn2)c1. The summed E-state index contributed by atoms with van der Waals surface area (Å²) >= 11 is 0. The van der Waals surface area contributed by atoms with Crippen molar-refractivity contribution < 1.29 is 8.78 Å². The summed E-state index contributed by atoms with van der Waals surface area (Å²) in [5.74, 6) is -0.967. The molecule has 2 rings (SSSR count). The normalized spacial score (nSPS) is 10.1. The zero-order valence-corrected chi connectivity index (χ0v) is 7.17. The highest BCUT2D eigenvalue weighted by Crippen LogP contribution is 2.20. The Morgan fingerprint density at radius 1 is 1.21 bits per heavy atom. The number of pyridine rings is 1. The molecule has 0 N–H and O–H groups in total. The Morgan fingerprint density at radius 3 is 2.79 bits per heavy atom. The number of halogens is 2. The maximum atomic E-state index is 13.2. The molecule has 0 atom stereocenters. The van der Waals surface area contributed by atoms with E-state index in [0.29, 0.717) is 5.69 Å². The molecular formula is C11H6F2N. The topological polar surface area (TPSA) is 12.9 Å². The predicted molar refractivity (Wildman–Crippen MR) is 48.4 cm³/mol. The lowest BCUT2D eigenvalue weighted by Gasteiger charge is -2.01. The van der Waals surface area contributed by atoms with Crippen LogP contribution in [0.25, 0.3) is 11.3 Å². The van der Waals surface area contributed by atoms with Crippen LogP contribution < -0.4 is 0 Å². The molecule has 0 saturated carbocycles. The first-order valence-corrected chi connectivity index (χ1v) is 4.05. The third-order valence-corrected chi connectivity index (χ3v) is 1.81. The Bertz CT molecular complexity index is 440. The minimum absolute atomic E-state index is 0.154. The van der Waals surface area contributed by atoms with E-state index in [1.54, 1.807) is 6.07 Å². The maximum Gasteiger partial charge on any atom is 0.132 e. The second-order valence-electron chi connectivity index (χ2n) is 2.77. The Labute approximate surface area is 80.0 Å². The van der Waals surface area contributed by atoms with E-state index in [9.17, 15) is 8.78 Å². The maximum absolute atomic E-state index is 13.2. The summed E-state index contributed by atoms with van der Waals surface area (Å²) in [6, 6.07) is 9.14. The largest absolute Gasteiger partial charge is 0.256 e. The van der Waals surface area contributed by atoms with Crippen LogP contribution in [-0.2, 0) is 0 Å². The molecule has 0 spiro atoms. The van der Waals surface area contributed by atoms with Gasteiger partial charge in [0.25, 0.3) is 0 Å². The second-order valence-corrected chi connectivity index (χ2v) is 2.77. The molecule has 0 aliphatic heterocycles. The van der Waals surface area contributed by atoms with Crippen molar-refractivity contribution in [3.63, 3.8) is 0 Å². The fourth-order valence-corrected chi connectivity index (χ4v) is 1.17. The van der Waals surface area contributed by atoms with Crippen LogP contribution in [0.2, 0.25) is 0 Å². The van der Waals surface area contributed by atoms with Crippen LogP contribution >= 0.6 is 0 Å². The van der Waals surface area contributed by atoms with Crippen molar-refractivity contribution in [2.24, 2.45) is 0 Å². The standard InChI is InChI=1S/C11H6F2N/c12-8-4-5-10(13)9(7-8)11-3-1-2-6-14-11/h2-7H. The van der Waals surface area contributed by atoms with Crippen molar-refractivity contribution in [3.8, 4) is 11.3 Å². The smallest absolute Gasteiger partial charge is 0.132 e. The average Bonchev–Trinajstić information content (AvgIpc) is 2.23. The molecule has 1 aromatic carbocycles. The minimum atomic E-state index is -0.487. The molecule has 0 aliphatic carbocycles. The number of rotatable bonds is 1. The van der Waals surface area contributed by atoms with Crippen LogP contribution in [0.3, 0.4) is 0 Å². The van der Waals surface area contributed by atoms with Gasteiger partial charge in [-0.3, -0.25) is 4.98 Å². The Balaban J connectivity index is 2.57. The highest BCUT2D eigenvalue weighted by atomic mass is 19.1. The molecule has 0 bridgehead atoms. The summed E-state index contributed by atoms with van der Waals surface area (Å²) in [6.07, 6.45) is 1.49. The number of hydrogen-bond donors (Lipinski definition) is 0. The number of aromatic nitrogens is 1. The summed E-state index contributed by atoms with van der Waals surface area (Å²) in [4.78, 5) is 3.91. The van der Waals surface area contributed by atoms with Gasteiger partial charge in [0.2, 0.25) is 0 Å². The third kappa shape index (κ3) is 1.62. The van der Waals surface area contributed by atoms with Crippen molar-refractivity contribution in [1.82, 2.24) is 4.98 Å². The number of benzene rings is 1. The van der Waals surface area contributed by atoms with E-state index < -0.39 is 11.6 Å². The molecule has 3 heteroatoms. The van der Waals surface area contributed by atoms with Crippen LogP contribution in [0.15, 0.2) is 36.5 Å². The van der Waals surface area contributed by atoms with Crippen LogP contribution in [0, 0.1) is 17.7 Å². The first-order valence-electron chi connectivity index (χ1n) is 4.05. The third-order valence-electron chi connectivity index (χ3n) is 1.81. The minimum Gasteiger partial charge on any atom is -0.256 e. The van der Waals surface area contributed by atoms with Gasteiger partial charge in [-0.25, -0.2) is 8.78 Å². The quantitative estimate of drug-likeness (QED) is 0.673. The van der Waals surface area contributed by atoms with E-state index in [0.717, 1.165) is 18.2 Å². The first kappa shape index (κ1) is 8.81. The fourth-order valence-electron chi connectivity index (χ4n) is 1.17. The highest BCUT2D eigenvalue weighted by molar-refractivity contribution is 5.59. The van der Waals surface area contributed by atoms with Crippen LogP contribution in [0.5, 0.6) is 0 Å². The van der Waals surface area contributed by atoms with Crippen LogP contribution in [0.4, 0.5) is 8.78 Å². The molecule has 0 fully saturated rings. The molecule has 0 aliphatic rings. The van der Waals surface area contributed by atoms with Gasteiger partial charge in [-0.1, -0.05) is 0 Å². The zero-order chi connectivity index (χ0) is 9.97. The van der Waals surface area contributed by atoms with Gasteiger partial charge >= 0.3 is 0 Å². The molecule has 0 unspecified atom stereocenters. The summed E-state index contributed by atoms with van der Waals surface area (Å²) in [7, 11) is 0. The molecule has 1 radical (unpaired) electrons. The summed E-state index contributed by atoms with van der Waals surface area (Å²) in [6.45, 7) is 0. The van der Waals surface area contributed by atoms with Crippen LogP contribution in [0.1, 0.15) is 0 Å². The van der Waals surface area contributed by atoms with Crippen molar-refractivity contribution in [3.05, 3.63) is 54.2 Å². The summed E-state index contributed by atoms with van der Waals surface area (Å²) < 4.78 is 26.1. The summed E-state index contributed by atoms with van der Waals surface area (Å²) in [5.41, 5.74) is 0.534. The van der Waals surface area contributed by atoms with Gasteiger partial charge in [0, 0.05) is 11.8 Å². The van der Waals surface area contributed by atoms with E-state index >= 15 is 0 Å². The van der Waals surface area contributed by atoms with E-state index in [-0.39, 0.29) is 5.56 Å². The van der Waals surface area contributed by atoms with Crippen molar-refractivity contribution in [2.45, 2.75) is 0 Å². The summed E-state index contributed by atoms with van der Waals surface area (Å²) in [5, 5.41) is 0. The lowest BCUT2D eigenvalue weighted by molar-refractivity contribution is 0.602. The van der Waals surface area contributed by atoms with Gasteiger partial charge < -0.3 is 0 Å². The Morgan fingerprint density at radius 2 is 2.07 bits per heavy atom. The van der Waals surface area contributed by atoms with Crippen LogP contribution in [-0.4, -0.2) is 4.98 Å². The molecule has 0 saturated heterocycles. The highest BCUT2D eigenvalue weighted by Gasteiger charge is 2.06. The zero-order valence-electron chi connectivity index (χ0n) is 7.17.